The third-order valence-corrected chi connectivity index (χ3v) is 6.73. The number of halogens is 4. The molecule has 1 aromatic heterocycles. The van der Waals surface area contributed by atoms with Gasteiger partial charge in [-0.2, -0.15) is 18.3 Å². The van der Waals surface area contributed by atoms with E-state index in [9.17, 15) is 21.6 Å². The highest BCUT2D eigenvalue weighted by molar-refractivity contribution is 7.90. The summed E-state index contributed by atoms with van der Waals surface area (Å²) in [6, 6.07) is 14.3. The van der Waals surface area contributed by atoms with Crippen LogP contribution in [0, 0.1) is 0 Å². The van der Waals surface area contributed by atoms with E-state index in [4.69, 9.17) is 16.3 Å². The van der Waals surface area contributed by atoms with Crippen molar-refractivity contribution < 1.29 is 26.3 Å². The van der Waals surface area contributed by atoms with Crippen molar-refractivity contribution in [1.82, 2.24) is 9.78 Å². The van der Waals surface area contributed by atoms with Gasteiger partial charge in [0.15, 0.2) is 15.5 Å². The lowest BCUT2D eigenvalue weighted by atomic mass is 10.1. The van der Waals surface area contributed by atoms with Crippen molar-refractivity contribution in [1.29, 1.82) is 0 Å². The molecule has 4 rings (SSSR count). The number of ether oxygens (including phenoxy) is 1. The fraction of sp³-hybridized carbons (Fsp3) is 0.208. The Bertz CT molecular complexity index is 1360. The Morgan fingerprint density at radius 3 is 2.50 bits per heavy atom. The molecule has 1 atom stereocenters. The van der Waals surface area contributed by atoms with Gasteiger partial charge >= 0.3 is 6.18 Å². The number of sulfone groups is 1. The van der Waals surface area contributed by atoms with Gasteiger partial charge < -0.3 is 4.74 Å². The van der Waals surface area contributed by atoms with E-state index in [1.54, 1.807) is 54.6 Å². The average molecular weight is 509 g/mol. The lowest BCUT2D eigenvalue weighted by molar-refractivity contribution is -0.141. The summed E-state index contributed by atoms with van der Waals surface area (Å²) in [5.74, 6) is 0.435. The molecule has 0 radical (unpaired) electrons. The number of aromatic nitrogens is 2. The van der Waals surface area contributed by atoms with Crippen molar-refractivity contribution in [2.24, 2.45) is 0 Å². The Balaban J connectivity index is 1.56. The molecular formula is C24H20ClF3N2O3S. The molecule has 178 valence electrons. The summed E-state index contributed by atoms with van der Waals surface area (Å²) >= 11 is 6.30. The van der Waals surface area contributed by atoms with Crippen LogP contribution in [0.4, 0.5) is 13.2 Å². The quantitative estimate of drug-likeness (QED) is 0.385. The Kier molecular flexibility index (Phi) is 6.60. The van der Waals surface area contributed by atoms with Crippen LogP contribution in [-0.4, -0.2) is 29.8 Å². The summed E-state index contributed by atoms with van der Waals surface area (Å²) < 4.78 is 70.4. The van der Waals surface area contributed by atoms with Crippen molar-refractivity contribution in [3.05, 3.63) is 84.2 Å². The molecule has 1 unspecified atom stereocenters. The summed E-state index contributed by atoms with van der Waals surface area (Å²) in [6.45, 7) is -0.156. The Morgan fingerprint density at radius 2 is 1.85 bits per heavy atom. The van der Waals surface area contributed by atoms with Crippen molar-refractivity contribution in [2.75, 3.05) is 6.26 Å². The Morgan fingerprint density at radius 1 is 1.12 bits per heavy atom. The fourth-order valence-electron chi connectivity index (χ4n) is 3.48. The highest BCUT2D eigenvalue weighted by Crippen LogP contribution is 2.32. The van der Waals surface area contributed by atoms with Crippen LogP contribution in [0.3, 0.4) is 0 Å². The number of allylic oxidation sites excluding steroid dienone is 4. The second kappa shape index (κ2) is 9.31. The van der Waals surface area contributed by atoms with E-state index in [2.05, 4.69) is 5.10 Å². The van der Waals surface area contributed by atoms with E-state index in [0.717, 1.165) is 17.9 Å². The molecule has 1 heterocycles. The number of hydrogen-bond acceptors (Lipinski definition) is 4. The van der Waals surface area contributed by atoms with Gasteiger partial charge in [-0.15, -0.1) is 11.6 Å². The maximum Gasteiger partial charge on any atom is 0.435 e. The topological polar surface area (TPSA) is 61.2 Å². The molecule has 0 spiro atoms. The van der Waals surface area contributed by atoms with Crippen molar-refractivity contribution >= 4 is 27.1 Å². The zero-order chi connectivity index (χ0) is 24.5. The third kappa shape index (κ3) is 5.37. The number of rotatable bonds is 6. The van der Waals surface area contributed by atoms with Gasteiger partial charge in [0.2, 0.25) is 0 Å². The second-order valence-electron chi connectivity index (χ2n) is 7.77. The van der Waals surface area contributed by atoms with Crippen LogP contribution in [0.5, 0.6) is 5.75 Å². The molecule has 5 nitrogen and oxygen atoms in total. The summed E-state index contributed by atoms with van der Waals surface area (Å²) in [7, 11) is -3.34. The summed E-state index contributed by atoms with van der Waals surface area (Å²) in [5, 5.41) is 3.22. The molecule has 0 aliphatic heterocycles. The molecular weight excluding hydrogens is 489 g/mol. The lowest BCUT2D eigenvalue weighted by Crippen LogP contribution is -2.16. The molecule has 0 N–H and O–H groups in total. The molecule has 10 heteroatoms. The van der Waals surface area contributed by atoms with E-state index in [1.807, 2.05) is 6.08 Å². The first-order chi connectivity index (χ1) is 16.0. The van der Waals surface area contributed by atoms with Crippen LogP contribution in [0.25, 0.3) is 16.8 Å². The van der Waals surface area contributed by atoms with E-state index < -0.39 is 27.1 Å². The molecule has 1 aliphatic rings. The maximum absolute atomic E-state index is 13.3. The van der Waals surface area contributed by atoms with Crippen molar-refractivity contribution in [3.63, 3.8) is 0 Å². The van der Waals surface area contributed by atoms with Gasteiger partial charge in [-0.3, -0.25) is 0 Å². The molecule has 2 aromatic carbocycles. The second-order valence-corrected chi connectivity index (χ2v) is 10.3. The van der Waals surface area contributed by atoms with Gasteiger partial charge in [0.25, 0.3) is 0 Å². The first-order valence-corrected chi connectivity index (χ1v) is 12.6. The smallest absolute Gasteiger partial charge is 0.435 e. The first kappa shape index (κ1) is 24.1. The van der Waals surface area contributed by atoms with E-state index >= 15 is 0 Å². The fourth-order valence-corrected chi connectivity index (χ4v) is 4.42. The van der Waals surface area contributed by atoms with Gasteiger partial charge in [-0.05, 0) is 54.0 Å². The predicted molar refractivity (Wildman–Crippen MR) is 124 cm³/mol. The van der Waals surface area contributed by atoms with Crippen LogP contribution in [-0.2, 0) is 22.6 Å². The summed E-state index contributed by atoms with van der Waals surface area (Å²) in [4.78, 5) is 0.212. The highest BCUT2D eigenvalue weighted by atomic mass is 35.5. The maximum atomic E-state index is 13.3. The molecule has 3 aromatic rings. The van der Waals surface area contributed by atoms with Crippen LogP contribution in [0.1, 0.15) is 17.8 Å². The number of nitrogens with zero attached hydrogens (tertiary/aromatic N) is 2. The van der Waals surface area contributed by atoms with Crippen molar-refractivity contribution in [3.8, 4) is 16.9 Å². The zero-order valence-corrected chi connectivity index (χ0v) is 19.5. The molecule has 0 bridgehead atoms. The predicted octanol–water partition coefficient (Wildman–Crippen LogP) is 5.96. The summed E-state index contributed by atoms with van der Waals surface area (Å²) in [6.07, 6.45) is 2.22. The molecule has 0 saturated heterocycles. The van der Waals surface area contributed by atoms with Crippen LogP contribution in [0.2, 0.25) is 0 Å². The van der Waals surface area contributed by atoms with E-state index in [0.29, 0.717) is 23.4 Å². The van der Waals surface area contributed by atoms with Crippen LogP contribution >= 0.6 is 11.6 Å². The molecule has 0 amide bonds. The standard InChI is InChI=1S/C24H20ClF3N2O3S/c1-34(31,32)20-6-4-5-17(13-20)16-9-11-19(12-10-16)33-15-18-14-23(24(26,27)28)29-30(18)22-8-3-2-7-21(22)25/h2-6,8-14,21H,7,15H2,1H3. The molecule has 34 heavy (non-hydrogen) atoms. The zero-order valence-electron chi connectivity index (χ0n) is 18.0. The lowest BCUT2D eigenvalue weighted by Gasteiger charge is -2.18. The third-order valence-electron chi connectivity index (χ3n) is 5.22. The van der Waals surface area contributed by atoms with Gasteiger partial charge in [0, 0.05) is 6.26 Å². The van der Waals surface area contributed by atoms with E-state index in [1.165, 1.54) is 10.7 Å². The van der Waals surface area contributed by atoms with Gasteiger partial charge in [0.1, 0.15) is 12.4 Å². The van der Waals surface area contributed by atoms with Crippen molar-refractivity contribution in [2.45, 2.75) is 29.5 Å². The minimum Gasteiger partial charge on any atom is -0.487 e. The molecule has 0 fully saturated rings. The monoisotopic (exact) mass is 508 g/mol. The Labute approximate surface area is 200 Å². The van der Waals surface area contributed by atoms with Crippen LogP contribution < -0.4 is 4.74 Å². The van der Waals surface area contributed by atoms with E-state index in [-0.39, 0.29) is 17.2 Å². The number of benzene rings is 2. The van der Waals surface area contributed by atoms with Gasteiger partial charge in [-0.1, -0.05) is 36.4 Å². The highest BCUT2D eigenvalue weighted by Gasteiger charge is 2.36. The van der Waals surface area contributed by atoms with Gasteiger partial charge in [0.05, 0.1) is 21.7 Å². The first-order valence-electron chi connectivity index (χ1n) is 10.2. The SMILES string of the molecule is CS(=O)(=O)c1cccc(-c2ccc(OCc3cc(C(F)(F)F)nn3C3=CC=CCC3Cl)cc2)c1. The normalized spacial score (nSPS) is 16.4. The molecule has 0 saturated carbocycles. The largest absolute Gasteiger partial charge is 0.487 e. The minimum atomic E-state index is -4.60. The average Bonchev–Trinajstić information content (AvgIpc) is 3.22. The molecule has 1 aliphatic carbocycles. The Hall–Kier alpha value is -3.04. The van der Waals surface area contributed by atoms with Crippen LogP contribution in [0.15, 0.2) is 77.7 Å². The number of hydrogen-bond donors (Lipinski definition) is 0. The number of alkyl halides is 4. The van der Waals surface area contributed by atoms with Gasteiger partial charge in [-0.25, -0.2) is 13.1 Å². The summed E-state index contributed by atoms with van der Waals surface area (Å²) in [5.41, 5.74) is 1.12. The minimum absolute atomic E-state index is 0.156.